The summed E-state index contributed by atoms with van der Waals surface area (Å²) in [5.74, 6) is 0.519. The second kappa shape index (κ2) is 9.12. The Morgan fingerprint density at radius 2 is 1.96 bits per heavy atom. The van der Waals surface area contributed by atoms with Crippen molar-refractivity contribution in [3.05, 3.63) is 46.9 Å². The van der Waals surface area contributed by atoms with Gasteiger partial charge in [0.25, 0.3) is 5.91 Å². The van der Waals surface area contributed by atoms with Gasteiger partial charge in [-0.25, -0.2) is 4.79 Å². The van der Waals surface area contributed by atoms with Crippen LogP contribution in [-0.4, -0.2) is 42.6 Å². The minimum atomic E-state index is -1.06. The van der Waals surface area contributed by atoms with Crippen molar-refractivity contribution in [1.29, 1.82) is 0 Å². The van der Waals surface area contributed by atoms with Crippen molar-refractivity contribution in [2.75, 3.05) is 20.8 Å². The van der Waals surface area contributed by atoms with E-state index in [1.807, 2.05) is 0 Å². The Morgan fingerprint density at radius 1 is 1.22 bits per heavy atom. The van der Waals surface area contributed by atoms with E-state index in [1.165, 1.54) is 18.1 Å². The summed E-state index contributed by atoms with van der Waals surface area (Å²) in [6.45, 7) is 4.41. The van der Waals surface area contributed by atoms with E-state index in [9.17, 15) is 9.59 Å². The molecule has 2 aromatic rings. The molecule has 0 unspecified atom stereocenters. The van der Waals surface area contributed by atoms with E-state index in [0.717, 1.165) is 12.8 Å². The number of rotatable bonds is 9. The maximum Gasteiger partial charge on any atom is 0.339 e. The molecule has 0 aliphatic rings. The molecule has 7 heteroatoms. The molecule has 0 atom stereocenters. The van der Waals surface area contributed by atoms with E-state index in [-0.39, 0.29) is 18.0 Å². The van der Waals surface area contributed by atoms with Gasteiger partial charge < -0.3 is 23.9 Å². The monoisotopic (exact) mass is 375 g/mol. The average Bonchev–Trinajstić information content (AvgIpc) is 3.01. The normalized spacial score (nSPS) is 10.5. The lowest BCUT2D eigenvalue weighted by molar-refractivity contribution is 0.0694. The molecule has 1 N–H and O–H groups in total. The smallest absolute Gasteiger partial charge is 0.339 e. The molecule has 1 aromatic carbocycles. The first kappa shape index (κ1) is 20.4. The SMILES string of the molecule is CCCCOc1ccc(C(=O)N(C)Cc2cc(C(=O)O)c(C)o2)cc1OC. The van der Waals surface area contributed by atoms with Gasteiger partial charge in [0.2, 0.25) is 0 Å². The lowest BCUT2D eigenvalue weighted by atomic mass is 10.1. The number of hydrogen-bond acceptors (Lipinski definition) is 5. The molecule has 1 aromatic heterocycles. The zero-order chi connectivity index (χ0) is 20.0. The highest BCUT2D eigenvalue weighted by Crippen LogP contribution is 2.29. The number of methoxy groups -OCH3 is 1. The number of aromatic carboxylic acids is 1. The average molecular weight is 375 g/mol. The predicted octanol–water partition coefficient (Wildman–Crippen LogP) is 3.75. The Hall–Kier alpha value is -2.96. The van der Waals surface area contributed by atoms with Gasteiger partial charge in [-0.1, -0.05) is 13.3 Å². The zero-order valence-electron chi connectivity index (χ0n) is 16.1. The van der Waals surface area contributed by atoms with Crippen molar-refractivity contribution in [2.45, 2.75) is 33.2 Å². The minimum absolute atomic E-state index is 0.0982. The molecule has 7 nitrogen and oxygen atoms in total. The number of furan rings is 1. The molecule has 0 saturated carbocycles. The molecule has 0 aliphatic carbocycles. The fourth-order valence-electron chi connectivity index (χ4n) is 2.61. The van der Waals surface area contributed by atoms with Crippen LogP contribution in [0, 0.1) is 6.92 Å². The third-order valence-electron chi connectivity index (χ3n) is 4.10. The Kier molecular flexibility index (Phi) is 6.87. The molecular weight excluding hydrogens is 350 g/mol. The quantitative estimate of drug-likeness (QED) is 0.672. The van der Waals surface area contributed by atoms with Crippen molar-refractivity contribution in [1.82, 2.24) is 4.90 Å². The van der Waals surface area contributed by atoms with Crippen LogP contribution in [0.4, 0.5) is 0 Å². The van der Waals surface area contributed by atoms with Crippen LogP contribution in [0.15, 0.2) is 28.7 Å². The van der Waals surface area contributed by atoms with Crippen LogP contribution in [0.25, 0.3) is 0 Å². The van der Waals surface area contributed by atoms with E-state index in [1.54, 1.807) is 32.2 Å². The summed E-state index contributed by atoms with van der Waals surface area (Å²) < 4.78 is 16.4. The number of unbranched alkanes of at least 4 members (excludes halogenated alkanes) is 1. The van der Waals surface area contributed by atoms with Crippen molar-refractivity contribution in [3.8, 4) is 11.5 Å². The van der Waals surface area contributed by atoms with Crippen molar-refractivity contribution in [2.24, 2.45) is 0 Å². The van der Waals surface area contributed by atoms with Gasteiger partial charge >= 0.3 is 5.97 Å². The van der Waals surface area contributed by atoms with Gasteiger partial charge in [-0.3, -0.25) is 4.79 Å². The number of ether oxygens (including phenoxy) is 2. The number of carbonyl (C=O) groups excluding carboxylic acids is 1. The Morgan fingerprint density at radius 3 is 2.56 bits per heavy atom. The molecule has 0 fully saturated rings. The number of benzene rings is 1. The largest absolute Gasteiger partial charge is 0.493 e. The van der Waals surface area contributed by atoms with Crippen molar-refractivity contribution >= 4 is 11.9 Å². The molecule has 0 aliphatic heterocycles. The Bertz CT molecular complexity index is 811. The first-order chi connectivity index (χ1) is 12.9. The Balaban J connectivity index is 2.11. The number of carbonyl (C=O) groups is 2. The summed E-state index contributed by atoms with van der Waals surface area (Å²) >= 11 is 0. The third kappa shape index (κ3) is 5.03. The minimum Gasteiger partial charge on any atom is -0.493 e. The molecule has 0 bridgehead atoms. The second-order valence-corrected chi connectivity index (χ2v) is 6.22. The van der Waals surface area contributed by atoms with Crippen molar-refractivity contribution in [3.63, 3.8) is 0 Å². The van der Waals surface area contributed by atoms with E-state index in [2.05, 4.69) is 6.92 Å². The molecule has 0 spiro atoms. The number of aryl methyl sites for hydroxylation is 1. The predicted molar refractivity (Wildman–Crippen MR) is 99.6 cm³/mol. The molecule has 0 radical (unpaired) electrons. The molecule has 27 heavy (non-hydrogen) atoms. The lowest BCUT2D eigenvalue weighted by Crippen LogP contribution is -2.26. The van der Waals surface area contributed by atoms with Gasteiger partial charge in [0.05, 0.1) is 20.3 Å². The van der Waals surface area contributed by atoms with Gasteiger partial charge in [-0.2, -0.15) is 0 Å². The van der Waals surface area contributed by atoms with Gasteiger partial charge in [-0.05, 0) is 37.6 Å². The first-order valence-corrected chi connectivity index (χ1v) is 8.76. The zero-order valence-corrected chi connectivity index (χ0v) is 16.1. The molecular formula is C20H25NO6. The van der Waals surface area contributed by atoms with Gasteiger partial charge in [0.15, 0.2) is 11.5 Å². The van der Waals surface area contributed by atoms with Crippen LogP contribution in [0.5, 0.6) is 11.5 Å². The summed E-state index contributed by atoms with van der Waals surface area (Å²) in [5, 5.41) is 9.10. The van der Waals surface area contributed by atoms with E-state index in [0.29, 0.717) is 35.2 Å². The highest BCUT2D eigenvalue weighted by atomic mass is 16.5. The fraction of sp³-hybridized carbons (Fsp3) is 0.400. The molecule has 1 heterocycles. The summed E-state index contributed by atoms with van der Waals surface area (Å²) in [5.41, 5.74) is 0.542. The second-order valence-electron chi connectivity index (χ2n) is 6.22. The standard InChI is InChI=1S/C20H25NO6/c1-5-6-9-26-17-8-7-14(10-18(17)25-4)19(22)21(3)12-15-11-16(20(23)24)13(2)27-15/h7-8,10-11H,5-6,9,12H2,1-4H3,(H,23,24). The van der Waals surface area contributed by atoms with Gasteiger partial charge in [-0.15, -0.1) is 0 Å². The van der Waals surface area contributed by atoms with Crippen LogP contribution in [0.2, 0.25) is 0 Å². The summed E-state index contributed by atoms with van der Waals surface area (Å²) in [4.78, 5) is 25.2. The van der Waals surface area contributed by atoms with Crippen molar-refractivity contribution < 1.29 is 28.6 Å². The van der Waals surface area contributed by atoms with Crippen LogP contribution in [-0.2, 0) is 6.54 Å². The fourth-order valence-corrected chi connectivity index (χ4v) is 2.61. The van der Waals surface area contributed by atoms with E-state index in [4.69, 9.17) is 19.0 Å². The molecule has 1 amide bonds. The lowest BCUT2D eigenvalue weighted by Gasteiger charge is -2.17. The van der Waals surface area contributed by atoms with E-state index >= 15 is 0 Å². The van der Waals surface area contributed by atoms with E-state index < -0.39 is 5.97 Å². The van der Waals surface area contributed by atoms with Crippen LogP contribution in [0.1, 0.15) is 52.0 Å². The maximum atomic E-state index is 12.7. The highest BCUT2D eigenvalue weighted by Gasteiger charge is 2.19. The topological polar surface area (TPSA) is 89.2 Å². The number of hydrogen-bond donors (Lipinski definition) is 1. The van der Waals surface area contributed by atoms with Gasteiger partial charge in [0, 0.05) is 12.6 Å². The Labute approximate surface area is 158 Å². The molecule has 0 saturated heterocycles. The third-order valence-corrected chi connectivity index (χ3v) is 4.10. The molecule has 2 rings (SSSR count). The first-order valence-electron chi connectivity index (χ1n) is 8.76. The maximum absolute atomic E-state index is 12.7. The van der Waals surface area contributed by atoms with Crippen LogP contribution in [0.3, 0.4) is 0 Å². The van der Waals surface area contributed by atoms with Gasteiger partial charge in [0.1, 0.15) is 17.1 Å². The number of carboxylic acid groups (broad SMARTS) is 1. The summed E-state index contributed by atoms with van der Waals surface area (Å²) in [6, 6.07) is 6.47. The number of amides is 1. The van der Waals surface area contributed by atoms with Crippen LogP contribution < -0.4 is 9.47 Å². The summed E-state index contributed by atoms with van der Waals surface area (Å²) in [7, 11) is 3.15. The highest BCUT2D eigenvalue weighted by molar-refractivity contribution is 5.94. The summed E-state index contributed by atoms with van der Waals surface area (Å²) in [6.07, 6.45) is 1.97. The molecule has 146 valence electrons. The number of nitrogens with zero attached hydrogens (tertiary/aromatic N) is 1. The number of carboxylic acids is 1. The van der Waals surface area contributed by atoms with Crippen LogP contribution >= 0.6 is 0 Å².